The Balaban J connectivity index is 2.43. The van der Waals surface area contributed by atoms with Crippen LogP contribution in [-0.4, -0.2) is 12.9 Å². The maximum absolute atomic E-state index is 14.1. The van der Waals surface area contributed by atoms with E-state index >= 15 is 0 Å². The first-order valence-corrected chi connectivity index (χ1v) is 6.57. The fourth-order valence-corrected chi connectivity index (χ4v) is 1.91. The van der Waals surface area contributed by atoms with Gasteiger partial charge in [0.1, 0.15) is 5.56 Å². The average molecular weight is 346 g/mol. The second kappa shape index (κ2) is 6.46. The lowest BCUT2D eigenvalue weighted by Crippen LogP contribution is -2.24. The van der Waals surface area contributed by atoms with Gasteiger partial charge in [-0.15, -0.1) is 0 Å². The van der Waals surface area contributed by atoms with Crippen LogP contribution in [0, 0.1) is 17.5 Å². The maximum atomic E-state index is 14.1. The van der Waals surface area contributed by atoms with Gasteiger partial charge in [0, 0.05) is 5.56 Å². The third kappa shape index (κ3) is 3.32. The molecule has 0 atom stereocenters. The molecule has 0 heterocycles. The zero-order chi connectivity index (χ0) is 18.1. The quantitative estimate of drug-likeness (QED) is 0.456. The van der Waals surface area contributed by atoms with Crippen LogP contribution in [0.15, 0.2) is 30.3 Å². The van der Waals surface area contributed by atoms with Crippen LogP contribution in [0.2, 0.25) is 0 Å². The van der Waals surface area contributed by atoms with Crippen molar-refractivity contribution in [2.45, 2.75) is 13.0 Å². The summed E-state index contributed by atoms with van der Waals surface area (Å²) in [5.74, 6) is -6.73. The molecule has 2 rings (SSSR count). The summed E-state index contributed by atoms with van der Waals surface area (Å²) in [4.78, 5) is 11.3. The summed E-state index contributed by atoms with van der Waals surface area (Å²) in [5, 5.41) is 0. The average Bonchev–Trinajstić information content (AvgIpc) is 2.52. The van der Waals surface area contributed by atoms with E-state index in [0.29, 0.717) is 12.1 Å². The van der Waals surface area contributed by atoms with Crippen LogP contribution in [0.4, 0.5) is 22.0 Å². The Labute approximate surface area is 133 Å². The van der Waals surface area contributed by atoms with Gasteiger partial charge in [0.25, 0.3) is 0 Å². The van der Waals surface area contributed by atoms with Gasteiger partial charge in [-0.25, -0.2) is 13.2 Å². The number of methoxy groups -OCH3 is 1. The van der Waals surface area contributed by atoms with Crippen LogP contribution in [0.25, 0.3) is 0 Å². The van der Waals surface area contributed by atoms with Gasteiger partial charge in [-0.1, -0.05) is 0 Å². The van der Waals surface area contributed by atoms with Gasteiger partial charge < -0.3 is 9.47 Å². The molecule has 128 valence electrons. The largest absolute Gasteiger partial charge is 0.493 e. The van der Waals surface area contributed by atoms with Crippen LogP contribution in [0.1, 0.15) is 22.8 Å². The van der Waals surface area contributed by atoms with E-state index in [1.54, 1.807) is 0 Å². The summed E-state index contributed by atoms with van der Waals surface area (Å²) in [5.41, 5.74) is -1.29. The van der Waals surface area contributed by atoms with Gasteiger partial charge in [-0.3, -0.25) is 4.79 Å². The van der Waals surface area contributed by atoms with Crippen LogP contribution in [-0.2, 0) is 6.11 Å². The van der Waals surface area contributed by atoms with Crippen molar-refractivity contribution in [2.24, 2.45) is 0 Å². The lowest BCUT2D eigenvalue weighted by atomic mass is 10.1. The minimum atomic E-state index is -4.30. The molecule has 0 amide bonds. The van der Waals surface area contributed by atoms with E-state index in [2.05, 4.69) is 4.74 Å². The summed E-state index contributed by atoms with van der Waals surface area (Å²) in [7, 11) is 1.16. The fraction of sp³-hybridized carbons (Fsp3) is 0.188. The normalized spacial score (nSPS) is 11.3. The smallest absolute Gasteiger partial charge is 0.429 e. The number of alkyl halides is 2. The molecular formula is C16H11F5O3. The minimum Gasteiger partial charge on any atom is -0.493 e. The Morgan fingerprint density at radius 3 is 2.25 bits per heavy atom. The van der Waals surface area contributed by atoms with E-state index in [1.807, 2.05) is 0 Å². The first kappa shape index (κ1) is 17.7. The molecule has 0 fully saturated rings. The standard InChI is InChI=1S/C16H11F5O3/c1-8(22)9-3-6-12(13(7-9)23-2)24-16(20,21)10-4-5-11(17)15(19)14(10)18/h3-7H,1-2H3. The number of hydrogen-bond donors (Lipinski definition) is 0. The predicted octanol–water partition coefficient (Wildman–Crippen LogP) is 4.44. The maximum Gasteiger partial charge on any atom is 0.429 e. The minimum absolute atomic E-state index is 0.182. The molecule has 0 N–H and O–H groups in total. The molecule has 3 nitrogen and oxygen atoms in total. The van der Waals surface area contributed by atoms with Crippen molar-refractivity contribution in [3.05, 3.63) is 58.9 Å². The van der Waals surface area contributed by atoms with E-state index in [-0.39, 0.29) is 17.1 Å². The Bertz CT molecular complexity index is 790. The molecule has 0 saturated heterocycles. The van der Waals surface area contributed by atoms with Gasteiger partial charge in [-0.05, 0) is 37.3 Å². The second-order valence-electron chi connectivity index (χ2n) is 4.76. The zero-order valence-electron chi connectivity index (χ0n) is 12.5. The van der Waals surface area contributed by atoms with Crippen LogP contribution < -0.4 is 9.47 Å². The number of benzene rings is 2. The molecule has 0 aliphatic carbocycles. The van der Waals surface area contributed by atoms with Crippen molar-refractivity contribution >= 4 is 5.78 Å². The van der Waals surface area contributed by atoms with E-state index in [1.165, 1.54) is 13.0 Å². The Hall–Kier alpha value is -2.64. The third-order valence-corrected chi connectivity index (χ3v) is 3.16. The summed E-state index contributed by atoms with van der Waals surface area (Å²) >= 11 is 0. The van der Waals surface area contributed by atoms with Crippen molar-refractivity contribution in [3.63, 3.8) is 0 Å². The second-order valence-corrected chi connectivity index (χ2v) is 4.76. The molecule has 0 spiro atoms. The number of rotatable bonds is 5. The van der Waals surface area contributed by atoms with Crippen LogP contribution >= 0.6 is 0 Å². The van der Waals surface area contributed by atoms with Crippen LogP contribution in [0.5, 0.6) is 11.5 Å². The van der Waals surface area contributed by atoms with Crippen molar-refractivity contribution in [1.82, 2.24) is 0 Å². The van der Waals surface area contributed by atoms with Crippen molar-refractivity contribution in [3.8, 4) is 11.5 Å². The molecule has 2 aromatic carbocycles. The topological polar surface area (TPSA) is 35.5 Å². The molecular weight excluding hydrogens is 335 g/mol. The Morgan fingerprint density at radius 1 is 1.00 bits per heavy atom. The van der Waals surface area contributed by atoms with Crippen molar-refractivity contribution in [2.75, 3.05) is 7.11 Å². The fourth-order valence-electron chi connectivity index (χ4n) is 1.91. The SMILES string of the molecule is COc1cc(C(C)=O)ccc1OC(F)(F)c1ccc(F)c(F)c1F. The molecule has 0 bridgehead atoms. The predicted molar refractivity (Wildman–Crippen MR) is 73.8 cm³/mol. The number of halogens is 5. The lowest BCUT2D eigenvalue weighted by molar-refractivity contribution is -0.188. The van der Waals surface area contributed by atoms with Gasteiger partial charge in [0.2, 0.25) is 0 Å². The van der Waals surface area contributed by atoms with Crippen molar-refractivity contribution in [1.29, 1.82) is 0 Å². The highest BCUT2D eigenvalue weighted by Gasteiger charge is 2.40. The molecule has 0 aliphatic rings. The first-order valence-electron chi connectivity index (χ1n) is 6.57. The molecule has 0 saturated carbocycles. The highest BCUT2D eigenvalue weighted by Crippen LogP contribution is 2.38. The van der Waals surface area contributed by atoms with E-state index in [9.17, 15) is 26.7 Å². The van der Waals surface area contributed by atoms with Crippen molar-refractivity contribution < 1.29 is 36.2 Å². The number of carbonyl (C=O) groups is 1. The van der Waals surface area contributed by atoms with E-state index in [4.69, 9.17) is 4.74 Å². The number of Topliss-reactive ketones (excluding diaryl/α,β-unsaturated/α-hetero) is 1. The summed E-state index contributed by atoms with van der Waals surface area (Å²) in [6.45, 7) is 1.26. The highest BCUT2D eigenvalue weighted by atomic mass is 19.3. The molecule has 2 aromatic rings. The molecule has 0 radical (unpaired) electrons. The highest BCUT2D eigenvalue weighted by molar-refractivity contribution is 5.94. The third-order valence-electron chi connectivity index (χ3n) is 3.16. The summed E-state index contributed by atoms with van der Waals surface area (Å²) in [6, 6.07) is 4.14. The molecule has 0 aliphatic heterocycles. The summed E-state index contributed by atoms with van der Waals surface area (Å²) in [6.07, 6.45) is -4.30. The van der Waals surface area contributed by atoms with Crippen LogP contribution in [0.3, 0.4) is 0 Å². The van der Waals surface area contributed by atoms with Gasteiger partial charge in [-0.2, -0.15) is 8.78 Å². The monoisotopic (exact) mass is 346 g/mol. The lowest BCUT2D eigenvalue weighted by Gasteiger charge is -2.20. The van der Waals surface area contributed by atoms with Gasteiger partial charge in [0.05, 0.1) is 7.11 Å². The molecule has 8 heteroatoms. The molecule has 0 unspecified atom stereocenters. The number of hydrogen-bond acceptors (Lipinski definition) is 3. The molecule has 0 aromatic heterocycles. The van der Waals surface area contributed by atoms with Gasteiger partial charge >= 0.3 is 6.11 Å². The number of carbonyl (C=O) groups excluding carboxylic acids is 1. The number of ether oxygens (including phenoxy) is 2. The summed E-state index contributed by atoms with van der Waals surface area (Å²) < 4.78 is 77.1. The molecule has 24 heavy (non-hydrogen) atoms. The zero-order valence-corrected chi connectivity index (χ0v) is 12.5. The van der Waals surface area contributed by atoms with Gasteiger partial charge in [0.15, 0.2) is 34.7 Å². The van der Waals surface area contributed by atoms with E-state index < -0.39 is 34.9 Å². The number of ketones is 1. The van der Waals surface area contributed by atoms with E-state index in [0.717, 1.165) is 19.2 Å². The Morgan fingerprint density at radius 2 is 1.67 bits per heavy atom. The first-order chi connectivity index (χ1) is 11.2. The Kier molecular flexibility index (Phi) is 4.77.